The number of nitrogens with zero attached hydrogens (tertiary/aromatic N) is 2. The normalized spacial score (nSPS) is 9.34. The summed E-state index contributed by atoms with van der Waals surface area (Å²) in [7, 11) is 0. The molecule has 4 rings (SSSR count). The Labute approximate surface area is 254 Å². The highest BCUT2D eigenvalue weighted by atomic mass is 79.9. The molecule has 0 saturated carbocycles. The third kappa shape index (κ3) is 12.0. The van der Waals surface area contributed by atoms with Crippen molar-refractivity contribution < 1.29 is 29.3 Å². The van der Waals surface area contributed by atoms with Gasteiger partial charge in [-0.25, -0.2) is 0 Å². The molecule has 4 aromatic rings. The van der Waals surface area contributed by atoms with Crippen LogP contribution in [0.3, 0.4) is 0 Å². The summed E-state index contributed by atoms with van der Waals surface area (Å²) < 4.78 is 5.50. The van der Waals surface area contributed by atoms with Gasteiger partial charge in [-0.15, -0.1) is 0 Å². The predicted octanol–water partition coefficient (Wildman–Crippen LogP) is 8.86. The van der Waals surface area contributed by atoms with Crippen LogP contribution in [0.4, 0.5) is 10.0 Å². The largest absolute Gasteiger partial charge is 0.506 e. The smallest absolute Gasteiger partial charge is 0.328 e. The second kappa shape index (κ2) is 18.4. The average molecular weight is 668 g/mol. The van der Waals surface area contributed by atoms with Crippen molar-refractivity contribution in [3.8, 4) is 11.5 Å². The standard InChI is InChI=1S/C13H11NO4S.C7H7Br.C6H5NO4S.2CH4/c1-9(15)13-11(7-12(19-13)14(16)17)18-8-10-5-3-2-4-6-10;8-6-7-4-2-1-3-5-7;1-3(8)6-4(9)2-5(12-6)7(10)11;;/h2-7H,8H2,1H3;1-5H,6H2;2,9H,1H3;2*1H4. The second-order valence-corrected chi connectivity index (χ2v) is 10.2. The minimum absolute atomic E-state index is 0. The molecule has 2 aromatic heterocycles. The van der Waals surface area contributed by atoms with Crippen LogP contribution in [-0.2, 0) is 11.9 Å². The van der Waals surface area contributed by atoms with Crippen LogP contribution in [0.2, 0.25) is 0 Å². The molecule has 41 heavy (non-hydrogen) atoms. The zero-order chi connectivity index (χ0) is 28.9. The molecule has 0 fully saturated rings. The molecule has 0 radical (unpaired) electrons. The molecule has 10 nitrogen and oxygen atoms in total. The van der Waals surface area contributed by atoms with Gasteiger partial charge in [-0.1, -0.05) is 114 Å². The minimum atomic E-state index is -0.642. The van der Waals surface area contributed by atoms with Crippen LogP contribution in [0.5, 0.6) is 11.5 Å². The monoisotopic (exact) mass is 666 g/mol. The fourth-order valence-electron chi connectivity index (χ4n) is 2.82. The Balaban J connectivity index is 0.000000626. The lowest BCUT2D eigenvalue weighted by Gasteiger charge is -2.04. The Morgan fingerprint density at radius 1 is 0.805 bits per heavy atom. The van der Waals surface area contributed by atoms with Gasteiger partial charge >= 0.3 is 10.0 Å². The van der Waals surface area contributed by atoms with Crippen LogP contribution in [0.15, 0.2) is 72.8 Å². The fraction of sp³-hybridized carbons (Fsp3) is 0.214. The summed E-state index contributed by atoms with van der Waals surface area (Å²) in [4.78, 5) is 42.2. The molecule has 0 atom stereocenters. The van der Waals surface area contributed by atoms with E-state index in [4.69, 9.17) is 9.84 Å². The Morgan fingerprint density at radius 3 is 1.61 bits per heavy atom. The molecule has 0 bridgehead atoms. The topological polar surface area (TPSA) is 150 Å². The lowest BCUT2D eigenvalue weighted by atomic mass is 10.2. The predicted molar refractivity (Wildman–Crippen MR) is 167 cm³/mol. The number of hydrogen-bond donors (Lipinski definition) is 1. The third-order valence-corrected chi connectivity index (χ3v) is 7.61. The first-order valence-corrected chi connectivity index (χ1v) is 13.8. The van der Waals surface area contributed by atoms with Gasteiger partial charge in [0.25, 0.3) is 0 Å². The summed E-state index contributed by atoms with van der Waals surface area (Å²) in [5.74, 6) is -0.654. The van der Waals surface area contributed by atoms with Crippen molar-refractivity contribution in [2.24, 2.45) is 0 Å². The van der Waals surface area contributed by atoms with Crippen molar-refractivity contribution in [3.63, 3.8) is 0 Å². The molecule has 2 aromatic carbocycles. The summed E-state index contributed by atoms with van der Waals surface area (Å²) in [5, 5.41) is 30.6. The zero-order valence-electron chi connectivity index (χ0n) is 20.7. The fourth-order valence-corrected chi connectivity index (χ4v) is 4.77. The molecule has 0 saturated heterocycles. The van der Waals surface area contributed by atoms with Crippen LogP contribution < -0.4 is 4.74 Å². The second-order valence-electron chi connectivity index (χ2n) is 7.60. The highest BCUT2D eigenvalue weighted by molar-refractivity contribution is 9.08. The van der Waals surface area contributed by atoms with Crippen molar-refractivity contribution in [3.05, 3.63) is 114 Å². The van der Waals surface area contributed by atoms with E-state index in [9.17, 15) is 29.8 Å². The maximum absolute atomic E-state index is 11.4. The number of hydrogen-bond acceptors (Lipinski definition) is 10. The first kappa shape index (κ1) is 37.1. The summed E-state index contributed by atoms with van der Waals surface area (Å²) in [5.41, 5.74) is 2.26. The summed E-state index contributed by atoms with van der Waals surface area (Å²) in [6.07, 6.45) is 0. The number of ether oxygens (including phenoxy) is 1. The molecule has 1 N–H and O–H groups in total. The van der Waals surface area contributed by atoms with E-state index < -0.39 is 9.85 Å². The van der Waals surface area contributed by atoms with Gasteiger partial charge < -0.3 is 9.84 Å². The number of halogens is 1. The minimum Gasteiger partial charge on any atom is -0.506 e. The van der Waals surface area contributed by atoms with Gasteiger partial charge in [-0.05, 0) is 11.1 Å². The van der Waals surface area contributed by atoms with Crippen molar-refractivity contribution in [1.82, 2.24) is 0 Å². The summed E-state index contributed by atoms with van der Waals surface area (Å²) >= 11 is 4.87. The average Bonchev–Trinajstić information content (AvgIpc) is 3.54. The lowest BCUT2D eigenvalue weighted by Crippen LogP contribution is -1.98. The van der Waals surface area contributed by atoms with Crippen LogP contribution in [0.25, 0.3) is 0 Å². The van der Waals surface area contributed by atoms with Crippen LogP contribution in [0.1, 0.15) is 59.2 Å². The Kier molecular flexibility index (Phi) is 16.6. The van der Waals surface area contributed by atoms with Gasteiger partial charge in [-0.3, -0.25) is 29.8 Å². The molecule has 0 aliphatic carbocycles. The highest BCUT2D eigenvalue weighted by Crippen LogP contribution is 2.35. The van der Waals surface area contributed by atoms with E-state index in [-0.39, 0.29) is 64.3 Å². The van der Waals surface area contributed by atoms with Gasteiger partial charge in [-0.2, -0.15) is 0 Å². The van der Waals surface area contributed by atoms with Crippen LogP contribution in [0, 0.1) is 20.2 Å². The Bertz CT molecular complexity index is 1420. The number of carbonyl (C=O) groups is 2. The molecular formula is C28H31BrN2O8S2. The first-order chi connectivity index (χ1) is 18.5. The van der Waals surface area contributed by atoms with Crippen molar-refractivity contribution in [1.29, 1.82) is 0 Å². The molecule has 0 aliphatic rings. The quantitative estimate of drug-likeness (QED) is 0.0847. The van der Waals surface area contributed by atoms with Gasteiger partial charge in [0.05, 0.1) is 22.0 Å². The van der Waals surface area contributed by atoms with E-state index >= 15 is 0 Å². The van der Waals surface area contributed by atoms with Crippen molar-refractivity contribution >= 4 is 60.2 Å². The summed E-state index contributed by atoms with van der Waals surface area (Å²) in [6, 6.07) is 22.0. The number of aromatic hydroxyl groups is 1. The highest BCUT2D eigenvalue weighted by Gasteiger charge is 2.21. The summed E-state index contributed by atoms with van der Waals surface area (Å²) in [6.45, 7) is 2.88. The van der Waals surface area contributed by atoms with E-state index in [0.717, 1.165) is 28.3 Å². The first-order valence-electron chi connectivity index (χ1n) is 11.1. The molecule has 13 heteroatoms. The molecule has 0 amide bonds. The molecule has 0 spiro atoms. The third-order valence-electron chi connectivity index (χ3n) is 4.62. The lowest BCUT2D eigenvalue weighted by molar-refractivity contribution is -0.380. The van der Waals surface area contributed by atoms with E-state index in [1.54, 1.807) is 0 Å². The van der Waals surface area contributed by atoms with Crippen LogP contribution in [-0.4, -0.2) is 26.5 Å². The number of thiophene rings is 2. The SMILES string of the molecule is BrCc1ccccc1.C.C.CC(=O)c1sc([N+](=O)[O-])cc1O.CC(=O)c1sc([N+](=O)[O-])cc1OCc1ccccc1. The van der Waals surface area contributed by atoms with Gasteiger partial charge in [0, 0.05) is 19.2 Å². The molecule has 0 unspecified atom stereocenters. The zero-order valence-corrected chi connectivity index (χ0v) is 24.0. The molecular weight excluding hydrogens is 636 g/mol. The number of carbonyl (C=O) groups excluding carboxylic acids is 2. The van der Waals surface area contributed by atoms with E-state index in [1.165, 1.54) is 25.5 Å². The number of ketones is 2. The Hall–Kier alpha value is -3.94. The van der Waals surface area contributed by atoms with Gasteiger partial charge in [0.15, 0.2) is 11.6 Å². The molecule has 0 aliphatic heterocycles. The number of Topliss-reactive ketones (excluding diaryl/α,β-unsaturated/α-hetero) is 2. The van der Waals surface area contributed by atoms with E-state index in [0.29, 0.717) is 11.3 Å². The number of rotatable bonds is 8. The Morgan fingerprint density at radius 2 is 1.24 bits per heavy atom. The number of benzene rings is 2. The van der Waals surface area contributed by atoms with Gasteiger partial charge in [0.1, 0.15) is 27.9 Å². The molecule has 220 valence electrons. The maximum Gasteiger partial charge on any atom is 0.328 e. The van der Waals surface area contributed by atoms with Gasteiger partial charge in [0.2, 0.25) is 0 Å². The number of alkyl halides is 1. The number of nitro groups is 2. The van der Waals surface area contributed by atoms with E-state index in [2.05, 4.69) is 28.1 Å². The van der Waals surface area contributed by atoms with Crippen molar-refractivity contribution in [2.45, 2.75) is 40.6 Å². The van der Waals surface area contributed by atoms with Crippen molar-refractivity contribution in [2.75, 3.05) is 0 Å². The van der Waals surface area contributed by atoms with E-state index in [1.807, 2.05) is 48.5 Å². The maximum atomic E-state index is 11.4. The molecule has 2 heterocycles. The van der Waals surface area contributed by atoms with Crippen LogP contribution >= 0.6 is 38.6 Å².